The highest BCUT2D eigenvalue weighted by Gasteiger charge is 2.05. The summed E-state index contributed by atoms with van der Waals surface area (Å²) >= 11 is 3.37. The molecule has 88 valence electrons. The Morgan fingerprint density at radius 3 is 2.94 bits per heavy atom. The van der Waals surface area contributed by atoms with Crippen molar-refractivity contribution in [3.63, 3.8) is 0 Å². The summed E-state index contributed by atoms with van der Waals surface area (Å²) < 4.78 is 2.49. The average molecular weight is 295 g/mol. The van der Waals surface area contributed by atoms with E-state index in [4.69, 9.17) is 0 Å². The maximum atomic E-state index is 11.7. The zero-order valence-corrected chi connectivity index (χ0v) is 10.6. The van der Waals surface area contributed by atoms with Gasteiger partial charge in [-0.15, -0.1) is 5.10 Å². The number of amides is 1. The van der Waals surface area contributed by atoms with Crippen LogP contribution in [0.15, 0.2) is 41.1 Å². The number of hydrogen-bond acceptors (Lipinski definition) is 3. The molecule has 0 aliphatic heterocycles. The van der Waals surface area contributed by atoms with Gasteiger partial charge in [-0.2, -0.15) is 0 Å². The van der Waals surface area contributed by atoms with Crippen LogP contribution in [0.2, 0.25) is 0 Å². The van der Waals surface area contributed by atoms with Crippen LogP contribution in [0.25, 0.3) is 0 Å². The number of rotatable bonds is 4. The lowest BCUT2D eigenvalue weighted by atomic mass is 10.3. The molecular formula is C11H11BrN4O. The number of anilines is 1. The van der Waals surface area contributed by atoms with Gasteiger partial charge < -0.3 is 5.32 Å². The van der Waals surface area contributed by atoms with E-state index < -0.39 is 0 Å². The molecule has 1 heterocycles. The van der Waals surface area contributed by atoms with E-state index in [1.54, 1.807) is 17.1 Å². The molecule has 2 aromatic rings. The Morgan fingerprint density at radius 1 is 1.41 bits per heavy atom. The minimum absolute atomic E-state index is 0.0487. The Labute approximate surface area is 107 Å². The number of hydrogen-bond donors (Lipinski definition) is 1. The summed E-state index contributed by atoms with van der Waals surface area (Å²) in [5, 5.41) is 10.3. The van der Waals surface area contributed by atoms with E-state index in [-0.39, 0.29) is 5.91 Å². The summed E-state index contributed by atoms with van der Waals surface area (Å²) in [6, 6.07) is 7.50. The summed E-state index contributed by atoms with van der Waals surface area (Å²) in [4.78, 5) is 11.7. The first kappa shape index (κ1) is 11.8. The van der Waals surface area contributed by atoms with Gasteiger partial charge in [-0.05, 0) is 28.1 Å². The highest BCUT2D eigenvalue weighted by atomic mass is 79.9. The predicted octanol–water partition coefficient (Wildman–Crippen LogP) is 2.07. The number of carbonyl (C=O) groups is 1. The van der Waals surface area contributed by atoms with Gasteiger partial charge in [0.15, 0.2) is 0 Å². The molecule has 6 heteroatoms. The van der Waals surface area contributed by atoms with Crippen molar-refractivity contribution in [1.82, 2.24) is 15.0 Å². The molecule has 1 amide bonds. The number of aryl methyl sites for hydroxylation is 1. The molecule has 1 aromatic carbocycles. The third-order valence-corrected chi connectivity index (χ3v) is 2.88. The Morgan fingerprint density at radius 2 is 2.24 bits per heavy atom. The molecule has 0 radical (unpaired) electrons. The fourth-order valence-corrected chi connectivity index (χ4v) is 1.73. The van der Waals surface area contributed by atoms with E-state index >= 15 is 0 Å². The van der Waals surface area contributed by atoms with Gasteiger partial charge in [0.05, 0.1) is 18.4 Å². The van der Waals surface area contributed by atoms with Gasteiger partial charge in [-0.25, -0.2) is 0 Å². The van der Waals surface area contributed by atoms with Crippen LogP contribution in [0, 0.1) is 0 Å². The molecule has 0 saturated carbocycles. The summed E-state index contributed by atoms with van der Waals surface area (Å²) in [5.41, 5.74) is 0.774. The standard InChI is InChI=1S/C11H11BrN4O/c12-9-3-1-2-4-10(9)14-11(17)5-7-16-8-6-13-15-16/h1-4,6,8H,5,7H2,(H,14,17). The van der Waals surface area contributed by atoms with E-state index in [0.29, 0.717) is 13.0 Å². The maximum Gasteiger partial charge on any atom is 0.226 e. The second-order valence-corrected chi connectivity index (χ2v) is 4.30. The summed E-state index contributed by atoms with van der Waals surface area (Å²) in [7, 11) is 0. The Bertz CT molecular complexity index is 498. The van der Waals surface area contributed by atoms with Crippen molar-refractivity contribution in [1.29, 1.82) is 0 Å². The molecule has 0 bridgehead atoms. The number of halogens is 1. The average Bonchev–Trinajstić information content (AvgIpc) is 2.82. The maximum absolute atomic E-state index is 11.7. The summed E-state index contributed by atoms with van der Waals surface area (Å²) in [6.07, 6.45) is 3.68. The van der Waals surface area contributed by atoms with Crippen molar-refractivity contribution in [3.05, 3.63) is 41.1 Å². The first-order chi connectivity index (χ1) is 8.25. The van der Waals surface area contributed by atoms with Crippen LogP contribution in [0.3, 0.4) is 0 Å². The molecule has 0 spiro atoms. The van der Waals surface area contributed by atoms with Crippen LogP contribution in [-0.4, -0.2) is 20.9 Å². The molecular weight excluding hydrogens is 284 g/mol. The second kappa shape index (κ2) is 5.58. The SMILES string of the molecule is O=C(CCn1ccnn1)Nc1ccccc1Br. The topological polar surface area (TPSA) is 59.8 Å². The third-order valence-electron chi connectivity index (χ3n) is 2.19. The smallest absolute Gasteiger partial charge is 0.226 e. The predicted molar refractivity (Wildman–Crippen MR) is 67.4 cm³/mol. The summed E-state index contributed by atoms with van der Waals surface area (Å²) in [6.45, 7) is 0.524. The van der Waals surface area contributed by atoms with Gasteiger partial charge in [0.2, 0.25) is 5.91 Å². The van der Waals surface area contributed by atoms with Crippen LogP contribution in [0.1, 0.15) is 6.42 Å². The first-order valence-corrected chi connectivity index (χ1v) is 5.93. The summed E-state index contributed by atoms with van der Waals surface area (Å²) in [5.74, 6) is -0.0487. The minimum atomic E-state index is -0.0487. The van der Waals surface area contributed by atoms with Gasteiger partial charge >= 0.3 is 0 Å². The van der Waals surface area contributed by atoms with Crippen molar-refractivity contribution < 1.29 is 4.79 Å². The molecule has 5 nitrogen and oxygen atoms in total. The number of benzene rings is 1. The highest BCUT2D eigenvalue weighted by molar-refractivity contribution is 9.10. The van der Waals surface area contributed by atoms with E-state index in [2.05, 4.69) is 31.6 Å². The monoisotopic (exact) mass is 294 g/mol. The number of para-hydroxylation sites is 1. The molecule has 1 N–H and O–H groups in total. The molecule has 1 aromatic heterocycles. The molecule has 0 fully saturated rings. The van der Waals surface area contributed by atoms with E-state index in [1.165, 1.54) is 0 Å². The third kappa shape index (κ3) is 3.39. The van der Waals surface area contributed by atoms with Gasteiger partial charge in [-0.3, -0.25) is 9.48 Å². The lowest BCUT2D eigenvalue weighted by molar-refractivity contribution is -0.116. The zero-order valence-electron chi connectivity index (χ0n) is 9.01. The van der Waals surface area contributed by atoms with Crippen molar-refractivity contribution >= 4 is 27.5 Å². The van der Waals surface area contributed by atoms with Gasteiger partial charge in [-0.1, -0.05) is 17.3 Å². The molecule has 0 atom stereocenters. The molecule has 0 unspecified atom stereocenters. The largest absolute Gasteiger partial charge is 0.325 e. The van der Waals surface area contributed by atoms with Crippen LogP contribution in [0.5, 0.6) is 0 Å². The fraction of sp³-hybridized carbons (Fsp3) is 0.182. The Hall–Kier alpha value is -1.69. The zero-order chi connectivity index (χ0) is 12.1. The quantitative estimate of drug-likeness (QED) is 0.939. The Balaban J connectivity index is 1.87. The first-order valence-electron chi connectivity index (χ1n) is 5.14. The molecule has 0 saturated heterocycles. The molecule has 2 rings (SSSR count). The minimum Gasteiger partial charge on any atom is -0.325 e. The second-order valence-electron chi connectivity index (χ2n) is 3.44. The van der Waals surface area contributed by atoms with Crippen molar-refractivity contribution in [3.8, 4) is 0 Å². The van der Waals surface area contributed by atoms with Gasteiger partial charge in [0.25, 0.3) is 0 Å². The molecule has 0 aliphatic carbocycles. The van der Waals surface area contributed by atoms with E-state index in [0.717, 1.165) is 10.2 Å². The van der Waals surface area contributed by atoms with Crippen molar-refractivity contribution in [2.45, 2.75) is 13.0 Å². The number of nitrogens with one attached hydrogen (secondary N) is 1. The fourth-order valence-electron chi connectivity index (χ4n) is 1.34. The molecule has 17 heavy (non-hydrogen) atoms. The van der Waals surface area contributed by atoms with Crippen LogP contribution in [0.4, 0.5) is 5.69 Å². The number of nitrogens with zero attached hydrogens (tertiary/aromatic N) is 3. The van der Waals surface area contributed by atoms with Crippen LogP contribution in [-0.2, 0) is 11.3 Å². The normalized spacial score (nSPS) is 10.2. The van der Waals surface area contributed by atoms with Gasteiger partial charge in [0, 0.05) is 17.1 Å². The van der Waals surface area contributed by atoms with Crippen molar-refractivity contribution in [2.24, 2.45) is 0 Å². The highest BCUT2D eigenvalue weighted by Crippen LogP contribution is 2.21. The van der Waals surface area contributed by atoms with Crippen LogP contribution < -0.4 is 5.32 Å². The van der Waals surface area contributed by atoms with E-state index in [9.17, 15) is 4.79 Å². The lowest BCUT2D eigenvalue weighted by Gasteiger charge is -2.06. The number of carbonyl (C=O) groups excluding carboxylic acids is 1. The van der Waals surface area contributed by atoms with E-state index in [1.807, 2.05) is 24.3 Å². The lowest BCUT2D eigenvalue weighted by Crippen LogP contribution is -2.15. The van der Waals surface area contributed by atoms with Gasteiger partial charge in [0.1, 0.15) is 0 Å². The number of aromatic nitrogens is 3. The van der Waals surface area contributed by atoms with Crippen molar-refractivity contribution in [2.75, 3.05) is 5.32 Å². The Kier molecular flexibility index (Phi) is 3.87. The molecule has 0 aliphatic rings. The van der Waals surface area contributed by atoms with Crippen LogP contribution >= 0.6 is 15.9 Å².